The molecule has 4 N–H and O–H groups in total. The molecule has 0 saturated heterocycles. The SMILES string of the molecule is C=CC(=O)Nc1c[nH]nc1-c1nc2c(-c3ccc(CNC(=O)c4nc(C(C)(C)C)no4)c(F)c3)ccnc2[nH]1. The third-order valence-corrected chi connectivity index (χ3v) is 5.79. The van der Waals surface area contributed by atoms with Crippen LogP contribution in [-0.2, 0) is 16.8 Å². The first-order chi connectivity index (χ1) is 18.6. The fourth-order valence-corrected chi connectivity index (χ4v) is 3.73. The molecule has 0 bridgehead atoms. The first kappa shape index (κ1) is 25.4. The average molecular weight is 530 g/mol. The normalized spacial score (nSPS) is 11.5. The van der Waals surface area contributed by atoms with Crippen LogP contribution in [0.15, 0.2) is 53.8 Å². The van der Waals surface area contributed by atoms with Crippen LogP contribution < -0.4 is 10.6 Å². The molecule has 0 aliphatic rings. The minimum Gasteiger partial charge on any atom is -0.344 e. The van der Waals surface area contributed by atoms with Gasteiger partial charge in [0.15, 0.2) is 23.0 Å². The Balaban J connectivity index is 1.37. The second-order valence-corrected chi connectivity index (χ2v) is 9.64. The lowest BCUT2D eigenvalue weighted by Gasteiger charge is -2.10. The molecule has 0 atom stereocenters. The molecule has 0 fully saturated rings. The van der Waals surface area contributed by atoms with Crippen molar-refractivity contribution < 1.29 is 18.5 Å². The van der Waals surface area contributed by atoms with Crippen LogP contribution in [0.4, 0.5) is 10.1 Å². The largest absolute Gasteiger partial charge is 0.344 e. The Morgan fingerprint density at radius 1 is 1.21 bits per heavy atom. The van der Waals surface area contributed by atoms with Crippen LogP contribution in [-0.4, -0.2) is 47.1 Å². The van der Waals surface area contributed by atoms with E-state index < -0.39 is 17.6 Å². The molecule has 4 aromatic heterocycles. The zero-order chi connectivity index (χ0) is 27.7. The quantitative estimate of drug-likeness (QED) is 0.230. The molecule has 13 heteroatoms. The molecule has 1 aromatic carbocycles. The predicted octanol–water partition coefficient (Wildman–Crippen LogP) is 3.89. The third-order valence-electron chi connectivity index (χ3n) is 5.79. The first-order valence-electron chi connectivity index (χ1n) is 11.9. The smallest absolute Gasteiger partial charge is 0.315 e. The molecule has 4 heterocycles. The lowest BCUT2D eigenvalue weighted by Crippen LogP contribution is -2.24. The van der Waals surface area contributed by atoms with Crippen LogP contribution in [0.1, 0.15) is 42.8 Å². The van der Waals surface area contributed by atoms with E-state index in [2.05, 4.69) is 52.5 Å². The van der Waals surface area contributed by atoms with Crippen molar-refractivity contribution in [3.63, 3.8) is 0 Å². The van der Waals surface area contributed by atoms with E-state index in [0.29, 0.717) is 45.3 Å². The highest BCUT2D eigenvalue weighted by Gasteiger charge is 2.24. The van der Waals surface area contributed by atoms with Gasteiger partial charge < -0.3 is 20.1 Å². The van der Waals surface area contributed by atoms with Crippen molar-refractivity contribution in [2.24, 2.45) is 0 Å². The van der Waals surface area contributed by atoms with Gasteiger partial charge >= 0.3 is 11.8 Å². The van der Waals surface area contributed by atoms with Crippen molar-refractivity contribution in [3.8, 4) is 22.6 Å². The Morgan fingerprint density at radius 3 is 2.74 bits per heavy atom. The van der Waals surface area contributed by atoms with E-state index in [-0.39, 0.29) is 23.4 Å². The van der Waals surface area contributed by atoms with Crippen LogP contribution in [0, 0.1) is 5.82 Å². The predicted molar refractivity (Wildman–Crippen MR) is 140 cm³/mol. The molecule has 39 heavy (non-hydrogen) atoms. The number of fused-ring (bicyclic) bond motifs is 1. The van der Waals surface area contributed by atoms with Gasteiger partial charge in [0.05, 0.1) is 5.69 Å². The van der Waals surface area contributed by atoms with Gasteiger partial charge in [-0.2, -0.15) is 10.1 Å². The van der Waals surface area contributed by atoms with Crippen LogP contribution in [0.2, 0.25) is 0 Å². The molecule has 0 unspecified atom stereocenters. The standard InChI is InChI=1S/C26H24FN9O3/c1-5-18(37)31-17-12-30-35-20(17)22-32-19-15(8-9-28-21(19)33-22)13-6-7-14(16(27)10-13)11-29-23(38)24-34-25(36-39-24)26(2,3)4/h5-10,12H,1,11H2,2-4H3,(H,29,38)(H,30,35)(H,31,37)(H,28,32,33). The summed E-state index contributed by atoms with van der Waals surface area (Å²) in [5.41, 5.74) is 2.82. The number of benzene rings is 1. The molecule has 0 saturated carbocycles. The molecule has 0 radical (unpaired) electrons. The van der Waals surface area contributed by atoms with Crippen molar-refractivity contribution in [2.45, 2.75) is 32.7 Å². The van der Waals surface area contributed by atoms with Gasteiger partial charge in [0.1, 0.15) is 11.3 Å². The summed E-state index contributed by atoms with van der Waals surface area (Å²) in [6.45, 7) is 9.06. The van der Waals surface area contributed by atoms with Crippen LogP contribution in [0.3, 0.4) is 0 Å². The number of nitrogens with one attached hydrogen (secondary N) is 4. The van der Waals surface area contributed by atoms with E-state index in [9.17, 15) is 9.59 Å². The van der Waals surface area contributed by atoms with Gasteiger partial charge in [-0.05, 0) is 23.8 Å². The van der Waals surface area contributed by atoms with Crippen molar-refractivity contribution in [2.75, 3.05) is 5.32 Å². The van der Waals surface area contributed by atoms with Crippen molar-refractivity contribution in [1.82, 2.24) is 40.6 Å². The van der Waals surface area contributed by atoms with Crippen LogP contribution >= 0.6 is 0 Å². The molecule has 12 nitrogen and oxygen atoms in total. The summed E-state index contributed by atoms with van der Waals surface area (Å²) < 4.78 is 20.1. The molecule has 198 valence electrons. The van der Waals surface area contributed by atoms with Crippen molar-refractivity contribution in [1.29, 1.82) is 0 Å². The second kappa shape index (κ2) is 9.93. The minimum atomic E-state index is -0.594. The summed E-state index contributed by atoms with van der Waals surface area (Å²) in [5, 5.41) is 15.9. The number of pyridine rings is 1. The van der Waals surface area contributed by atoms with Gasteiger partial charge in [-0.1, -0.05) is 44.6 Å². The summed E-state index contributed by atoms with van der Waals surface area (Å²) in [4.78, 5) is 40.3. The highest BCUT2D eigenvalue weighted by Crippen LogP contribution is 2.31. The molecular formula is C26H24FN9O3. The van der Waals surface area contributed by atoms with E-state index in [1.165, 1.54) is 12.3 Å². The Bertz CT molecular complexity index is 1710. The summed E-state index contributed by atoms with van der Waals surface area (Å²) in [5.74, 6) is -0.931. The Hall–Kier alpha value is -5.20. The van der Waals surface area contributed by atoms with Gasteiger partial charge in [-0.25, -0.2) is 14.4 Å². The number of hydrogen-bond donors (Lipinski definition) is 4. The Labute approximate surface area is 221 Å². The molecule has 0 aliphatic heterocycles. The molecule has 5 rings (SSSR count). The van der Waals surface area contributed by atoms with E-state index in [0.717, 1.165) is 6.08 Å². The molecule has 2 amide bonds. The van der Waals surface area contributed by atoms with Crippen LogP contribution in [0.25, 0.3) is 33.8 Å². The van der Waals surface area contributed by atoms with E-state index >= 15 is 4.39 Å². The fraction of sp³-hybridized carbons (Fsp3) is 0.192. The van der Waals surface area contributed by atoms with Crippen molar-refractivity contribution in [3.05, 3.63) is 72.4 Å². The maximum atomic E-state index is 15.1. The number of hydrogen-bond acceptors (Lipinski definition) is 8. The van der Waals surface area contributed by atoms with Gasteiger partial charge in [0, 0.05) is 35.5 Å². The number of rotatable bonds is 7. The minimum absolute atomic E-state index is 0.0746. The number of H-pyrrole nitrogens is 2. The van der Waals surface area contributed by atoms with Gasteiger partial charge in [-0.3, -0.25) is 14.7 Å². The highest BCUT2D eigenvalue weighted by molar-refractivity contribution is 6.01. The molecule has 0 spiro atoms. The fourth-order valence-electron chi connectivity index (χ4n) is 3.73. The van der Waals surface area contributed by atoms with Crippen LogP contribution in [0.5, 0.6) is 0 Å². The zero-order valence-electron chi connectivity index (χ0n) is 21.3. The first-order valence-corrected chi connectivity index (χ1v) is 11.9. The maximum Gasteiger partial charge on any atom is 0.315 e. The van der Waals surface area contributed by atoms with E-state index in [1.54, 1.807) is 24.4 Å². The Kier molecular flexibility index (Phi) is 6.48. The van der Waals surface area contributed by atoms with Gasteiger partial charge in [-0.15, -0.1) is 0 Å². The van der Waals surface area contributed by atoms with Gasteiger partial charge in [0.2, 0.25) is 5.91 Å². The average Bonchev–Trinajstić information content (AvgIpc) is 3.66. The number of anilines is 1. The zero-order valence-corrected chi connectivity index (χ0v) is 21.3. The number of aromatic amines is 2. The van der Waals surface area contributed by atoms with E-state index in [1.807, 2.05) is 20.8 Å². The van der Waals surface area contributed by atoms with E-state index in [4.69, 9.17) is 4.52 Å². The number of carbonyl (C=O) groups is 2. The summed E-state index contributed by atoms with van der Waals surface area (Å²) in [6.07, 6.45) is 4.24. The number of nitrogens with zero attached hydrogens (tertiary/aromatic N) is 5. The lowest BCUT2D eigenvalue weighted by molar-refractivity contribution is -0.111. The summed E-state index contributed by atoms with van der Waals surface area (Å²) >= 11 is 0. The number of halogens is 1. The van der Waals surface area contributed by atoms with Crippen molar-refractivity contribution >= 4 is 28.7 Å². The lowest BCUT2D eigenvalue weighted by atomic mass is 9.96. The number of amides is 2. The third kappa shape index (κ3) is 5.14. The molecule has 0 aliphatic carbocycles. The molecular weight excluding hydrogens is 505 g/mol. The highest BCUT2D eigenvalue weighted by atomic mass is 19.1. The number of aromatic nitrogens is 7. The second-order valence-electron chi connectivity index (χ2n) is 9.64. The maximum absolute atomic E-state index is 15.1. The monoisotopic (exact) mass is 529 g/mol. The summed E-state index contributed by atoms with van der Waals surface area (Å²) in [6, 6.07) is 6.38. The Morgan fingerprint density at radius 2 is 2.03 bits per heavy atom. The summed E-state index contributed by atoms with van der Waals surface area (Å²) in [7, 11) is 0. The number of carbonyl (C=O) groups excluding carboxylic acids is 2. The van der Waals surface area contributed by atoms with Gasteiger partial charge in [0.25, 0.3) is 0 Å². The molecule has 5 aromatic rings. The topological polar surface area (TPSA) is 167 Å². The number of imidazole rings is 1.